The molecule has 1 aliphatic heterocycles. The lowest BCUT2D eigenvalue weighted by atomic mass is 9.85. The fourth-order valence-corrected chi connectivity index (χ4v) is 3.49. The molecule has 6 nitrogen and oxygen atoms in total. The van der Waals surface area contributed by atoms with Crippen molar-refractivity contribution in [1.29, 1.82) is 0 Å². The van der Waals surface area contributed by atoms with Gasteiger partial charge in [0.2, 0.25) is 0 Å². The molecule has 1 saturated heterocycles. The van der Waals surface area contributed by atoms with Gasteiger partial charge >= 0.3 is 12.2 Å². The van der Waals surface area contributed by atoms with E-state index in [9.17, 15) is 32.3 Å². The Labute approximate surface area is 175 Å². The Bertz CT molecular complexity index is 992. The van der Waals surface area contributed by atoms with Crippen LogP contribution in [0.1, 0.15) is 29.8 Å². The topological polar surface area (TPSA) is 90.5 Å². The number of rotatable bonds is 5. The minimum atomic E-state index is -4.52. The Morgan fingerprint density at radius 1 is 1.19 bits per heavy atom. The SMILES string of the molecule is CC(C)C1(CNC(=O)c2ccc(F)cc2-c2ccc(C(F)(F)F)cc2)NC(=O)NC1O. The third-order valence-corrected chi connectivity index (χ3v) is 5.42. The largest absolute Gasteiger partial charge is 0.416 e. The molecule has 10 heteroatoms. The molecule has 0 bridgehead atoms. The third-order valence-electron chi connectivity index (χ3n) is 5.42. The van der Waals surface area contributed by atoms with Crippen molar-refractivity contribution in [3.05, 3.63) is 59.4 Å². The number of halogens is 4. The van der Waals surface area contributed by atoms with Crippen LogP contribution < -0.4 is 16.0 Å². The first kappa shape index (κ1) is 22.5. The normalized spacial score (nSPS) is 21.0. The van der Waals surface area contributed by atoms with Gasteiger partial charge in [0, 0.05) is 12.1 Å². The van der Waals surface area contributed by atoms with Gasteiger partial charge in [-0.15, -0.1) is 0 Å². The van der Waals surface area contributed by atoms with Gasteiger partial charge in [-0.25, -0.2) is 9.18 Å². The van der Waals surface area contributed by atoms with Crippen LogP contribution in [0.3, 0.4) is 0 Å². The first-order chi connectivity index (χ1) is 14.4. The zero-order valence-electron chi connectivity index (χ0n) is 16.7. The highest BCUT2D eigenvalue weighted by Crippen LogP contribution is 2.32. The molecule has 3 amide bonds. The summed E-state index contributed by atoms with van der Waals surface area (Å²) in [4.78, 5) is 24.5. The summed E-state index contributed by atoms with van der Waals surface area (Å²) in [6.07, 6.45) is -5.77. The van der Waals surface area contributed by atoms with Crippen LogP contribution in [0.15, 0.2) is 42.5 Å². The van der Waals surface area contributed by atoms with Crippen molar-refractivity contribution < 1.29 is 32.3 Å². The molecule has 0 aliphatic carbocycles. The Hall–Kier alpha value is -3.14. The van der Waals surface area contributed by atoms with Crippen molar-refractivity contribution in [2.24, 2.45) is 5.92 Å². The van der Waals surface area contributed by atoms with Crippen molar-refractivity contribution in [2.45, 2.75) is 31.8 Å². The quantitative estimate of drug-likeness (QED) is 0.539. The standard InChI is InChI=1S/C21H21F4N3O3/c1-11(2)20(18(30)27-19(31)28-20)10-26-17(29)15-8-7-14(22)9-16(15)12-3-5-13(6-4-12)21(23,24)25/h3-9,11,18,30H,10H2,1-2H3,(H,26,29)(H2,27,28,31). The van der Waals surface area contributed by atoms with E-state index in [2.05, 4.69) is 16.0 Å². The highest BCUT2D eigenvalue weighted by atomic mass is 19.4. The predicted molar refractivity (Wildman–Crippen MR) is 104 cm³/mol. The molecule has 0 radical (unpaired) electrons. The molecule has 1 fully saturated rings. The zero-order valence-corrected chi connectivity index (χ0v) is 16.7. The van der Waals surface area contributed by atoms with Crippen LogP contribution in [-0.2, 0) is 6.18 Å². The average molecular weight is 439 g/mol. The zero-order chi connectivity index (χ0) is 23.0. The Morgan fingerprint density at radius 2 is 1.84 bits per heavy atom. The molecule has 2 aromatic rings. The van der Waals surface area contributed by atoms with Crippen LogP contribution >= 0.6 is 0 Å². The number of hydrogen-bond acceptors (Lipinski definition) is 3. The molecule has 166 valence electrons. The summed E-state index contributed by atoms with van der Waals surface area (Å²) in [6.45, 7) is 3.38. The maximum atomic E-state index is 13.9. The Kier molecular flexibility index (Phi) is 5.95. The van der Waals surface area contributed by atoms with Crippen molar-refractivity contribution in [3.8, 4) is 11.1 Å². The second-order valence-electron chi connectivity index (χ2n) is 7.64. The van der Waals surface area contributed by atoms with Gasteiger partial charge in [0.05, 0.1) is 5.56 Å². The van der Waals surface area contributed by atoms with Crippen LogP contribution in [0.2, 0.25) is 0 Å². The van der Waals surface area contributed by atoms with E-state index in [1.165, 1.54) is 6.07 Å². The molecule has 2 unspecified atom stereocenters. The Morgan fingerprint density at radius 3 is 2.35 bits per heavy atom. The number of nitrogens with one attached hydrogen (secondary N) is 3. The first-order valence-electron chi connectivity index (χ1n) is 9.46. The Balaban J connectivity index is 1.88. The highest BCUT2D eigenvalue weighted by molar-refractivity contribution is 6.01. The second kappa shape index (κ2) is 8.18. The molecule has 4 N–H and O–H groups in total. The summed E-state index contributed by atoms with van der Waals surface area (Å²) < 4.78 is 52.3. The second-order valence-corrected chi connectivity index (χ2v) is 7.64. The van der Waals surface area contributed by atoms with E-state index in [4.69, 9.17) is 0 Å². The highest BCUT2D eigenvalue weighted by Gasteiger charge is 2.48. The van der Waals surface area contributed by atoms with E-state index in [1.807, 2.05) is 0 Å². The van der Waals surface area contributed by atoms with Crippen molar-refractivity contribution in [1.82, 2.24) is 16.0 Å². The third kappa shape index (κ3) is 4.48. The van der Waals surface area contributed by atoms with Gasteiger partial charge in [-0.3, -0.25) is 4.79 Å². The van der Waals surface area contributed by atoms with E-state index < -0.39 is 41.3 Å². The maximum absolute atomic E-state index is 13.9. The summed E-state index contributed by atoms with van der Waals surface area (Å²) in [5, 5.41) is 17.8. The minimum absolute atomic E-state index is 0.0341. The van der Waals surface area contributed by atoms with Crippen LogP contribution in [0.4, 0.5) is 22.4 Å². The van der Waals surface area contributed by atoms with E-state index in [1.54, 1.807) is 13.8 Å². The predicted octanol–water partition coefficient (Wildman–Crippen LogP) is 3.27. The molecule has 3 rings (SSSR count). The van der Waals surface area contributed by atoms with Crippen LogP contribution in [-0.4, -0.2) is 35.4 Å². The number of amides is 3. The van der Waals surface area contributed by atoms with Gasteiger partial charge < -0.3 is 21.1 Å². The number of aliphatic hydroxyl groups excluding tert-OH is 1. The summed E-state index contributed by atoms with van der Waals surface area (Å²) in [6, 6.07) is 6.79. The fourth-order valence-electron chi connectivity index (χ4n) is 3.49. The number of urea groups is 1. The summed E-state index contributed by atoms with van der Waals surface area (Å²) >= 11 is 0. The summed E-state index contributed by atoms with van der Waals surface area (Å²) in [5.41, 5.74) is -1.66. The van der Waals surface area contributed by atoms with Gasteiger partial charge in [-0.05, 0) is 47.4 Å². The van der Waals surface area contributed by atoms with Gasteiger partial charge in [0.1, 0.15) is 11.4 Å². The molecule has 2 aromatic carbocycles. The lowest BCUT2D eigenvalue weighted by Crippen LogP contribution is -2.60. The first-order valence-corrected chi connectivity index (χ1v) is 9.46. The number of alkyl halides is 3. The number of aliphatic hydroxyl groups is 1. The average Bonchev–Trinajstić information content (AvgIpc) is 2.99. The molecule has 1 heterocycles. The number of benzene rings is 2. The van der Waals surface area contributed by atoms with Crippen molar-refractivity contribution in [2.75, 3.05) is 6.54 Å². The minimum Gasteiger partial charge on any atom is -0.371 e. The van der Waals surface area contributed by atoms with Crippen molar-refractivity contribution in [3.63, 3.8) is 0 Å². The van der Waals surface area contributed by atoms with Crippen LogP contribution in [0.25, 0.3) is 11.1 Å². The molecule has 31 heavy (non-hydrogen) atoms. The molecule has 0 saturated carbocycles. The lowest BCUT2D eigenvalue weighted by Gasteiger charge is -2.35. The molecular weight excluding hydrogens is 418 g/mol. The van der Waals surface area contributed by atoms with Gasteiger partial charge in [0.25, 0.3) is 5.91 Å². The molecule has 2 atom stereocenters. The molecule has 0 aromatic heterocycles. The van der Waals surface area contributed by atoms with Crippen LogP contribution in [0, 0.1) is 11.7 Å². The van der Waals surface area contributed by atoms with E-state index in [0.29, 0.717) is 0 Å². The van der Waals surface area contributed by atoms with E-state index >= 15 is 0 Å². The number of carbonyl (C=O) groups excluding carboxylic acids is 2. The van der Waals surface area contributed by atoms with Gasteiger partial charge in [-0.1, -0.05) is 26.0 Å². The fraction of sp³-hybridized carbons (Fsp3) is 0.333. The maximum Gasteiger partial charge on any atom is 0.416 e. The van der Waals surface area contributed by atoms with Crippen molar-refractivity contribution >= 4 is 11.9 Å². The number of hydrogen-bond donors (Lipinski definition) is 4. The lowest BCUT2D eigenvalue weighted by molar-refractivity contribution is -0.137. The van der Waals surface area contributed by atoms with E-state index in [0.717, 1.165) is 36.4 Å². The summed E-state index contributed by atoms with van der Waals surface area (Å²) in [7, 11) is 0. The smallest absolute Gasteiger partial charge is 0.371 e. The molecule has 0 spiro atoms. The van der Waals surface area contributed by atoms with E-state index in [-0.39, 0.29) is 29.2 Å². The van der Waals surface area contributed by atoms with Gasteiger partial charge in [0.15, 0.2) is 6.23 Å². The molecular formula is C21H21F4N3O3. The molecule has 1 aliphatic rings. The monoisotopic (exact) mass is 439 g/mol. The number of carbonyl (C=O) groups is 2. The summed E-state index contributed by atoms with van der Waals surface area (Å²) in [5.74, 6) is -1.56. The van der Waals surface area contributed by atoms with Crippen LogP contribution in [0.5, 0.6) is 0 Å². The van der Waals surface area contributed by atoms with Gasteiger partial charge in [-0.2, -0.15) is 13.2 Å².